The van der Waals surface area contributed by atoms with E-state index in [1.807, 2.05) is 0 Å². The van der Waals surface area contributed by atoms with Gasteiger partial charge in [-0.1, -0.05) is 0 Å². The Morgan fingerprint density at radius 3 is 2.85 bits per heavy atom. The van der Waals surface area contributed by atoms with Crippen molar-refractivity contribution in [3.63, 3.8) is 0 Å². The zero-order valence-corrected chi connectivity index (χ0v) is 7.47. The van der Waals surface area contributed by atoms with Gasteiger partial charge >= 0.3 is 0 Å². The predicted octanol–water partition coefficient (Wildman–Crippen LogP) is 0.0439. The van der Waals surface area contributed by atoms with E-state index in [4.69, 9.17) is 10.2 Å². The molecule has 0 spiro atoms. The van der Waals surface area contributed by atoms with Crippen LogP contribution in [-0.4, -0.2) is 33.3 Å². The van der Waals surface area contributed by atoms with E-state index in [-0.39, 0.29) is 12.4 Å². The fourth-order valence-electron chi connectivity index (χ4n) is 1.06. The van der Waals surface area contributed by atoms with Gasteiger partial charge in [0, 0.05) is 18.0 Å². The van der Waals surface area contributed by atoms with Crippen LogP contribution in [-0.2, 0) is 6.54 Å². The van der Waals surface area contributed by atoms with Crippen molar-refractivity contribution in [1.29, 1.82) is 0 Å². The number of ketones is 1. The zero-order valence-electron chi connectivity index (χ0n) is 7.47. The fourth-order valence-corrected chi connectivity index (χ4v) is 1.06. The molecular weight excluding hydrogens is 170 g/mol. The lowest BCUT2D eigenvalue weighted by molar-refractivity contribution is 0.0812. The van der Waals surface area contributed by atoms with E-state index in [0.717, 1.165) is 0 Å². The fraction of sp³-hybridized carbons (Fsp3) is 0.444. The molecule has 4 heteroatoms. The molecule has 1 rings (SSSR count). The molecule has 1 heterocycles. The smallest absolute Gasteiger partial charge is 0.161 e. The second-order valence-corrected chi connectivity index (χ2v) is 2.99. The Morgan fingerprint density at radius 1 is 1.69 bits per heavy atom. The standard InChI is InChI=1S/C9H13NO3/c1-7(12)8-2-3-10(4-8)5-9(13)6-11/h2-4,9,11,13H,5-6H2,1H3. The van der Waals surface area contributed by atoms with Gasteiger partial charge in [0.05, 0.1) is 19.3 Å². The number of carbonyl (C=O) groups excluding carboxylic acids is 1. The van der Waals surface area contributed by atoms with Crippen LogP contribution in [0, 0.1) is 0 Å². The lowest BCUT2D eigenvalue weighted by Gasteiger charge is -2.07. The normalized spacial score (nSPS) is 12.8. The van der Waals surface area contributed by atoms with Crippen molar-refractivity contribution < 1.29 is 15.0 Å². The maximum atomic E-state index is 10.9. The van der Waals surface area contributed by atoms with Gasteiger partial charge in [0.2, 0.25) is 0 Å². The summed E-state index contributed by atoms with van der Waals surface area (Å²) in [7, 11) is 0. The van der Waals surface area contributed by atoms with Crippen molar-refractivity contribution in [2.45, 2.75) is 19.6 Å². The molecule has 13 heavy (non-hydrogen) atoms. The summed E-state index contributed by atoms with van der Waals surface area (Å²) in [4.78, 5) is 10.9. The van der Waals surface area contributed by atoms with Gasteiger partial charge in [-0.2, -0.15) is 0 Å². The highest BCUT2D eigenvalue weighted by Gasteiger charge is 2.05. The van der Waals surface area contributed by atoms with Crippen molar-refractivity contribution in [2.75, 3.05) is 6.61 Å². The summed E-state index contributed by atoms with van der Waals surface area (Å²) in [6, 6.07) is 1.69. The maximum Gasteiger partial charge on any atom is 0.161 e. The van der Waals surface area contributed by atoms with Gasteiger partial charge in [0.15, 0.2) is 5.78 Å². The molecule has 0 saturated heterocycles. The number of hydrogen-bond donors (Lipinski definition) is 2. The third-order valence-electron chi connectivity index (χ3n) is 1.79. The third-order valence-corrected chi connectivity index (χ3v) is 1.79. The minimum atomic E-state index is -0.771. The monoisotopic (exact) mass is 183 g/mol. The van der Waals surface area contributed by atoms with Crippen LogP contribution in [0.3, 0.4) is 0 Å². The van der Waals surface area contributed by atoms with Gasteiger partial charge in [0.25, 0.3) is 0 Å². The van der Waals surface area contributed by atoms with Gasteiger partial charge in [-0.3, -0.25) is 4.79 Å². The van der Waals surface area contributed by atoms with Crippen LogP contribution in [0.2, 0.25) is 0 Å². The summed E-state index contributed by atoms with van der Waals surface area (Å²) in [6.07, 6.45) is 2.59. The largest absolute Gasteiger partial charge is 0.394 e. The Balaban J connectivity index is 2.64. The van der Waals surface area contributed by atoms with Crippen molar-refractivity contribution >= 4 is 5.78 Å². The highest BCUT2D eigenvalue weighted by molar-refractivity contribution is 5.93. The molecule has 0 aromatic carbocycles. The Labute approximate surface area is 76.4 Å². The molecule has 1 unspecified atom stereocenters. The topological polar surface area (TPSA) is 62.5 Å². The second-order valence-electron chi connectivity index (χ2n) is 2.99. The number of aliphatic hydroxyl groups excluding tert-OH is 2. The molecule has 4 nitrogen and oxygen atoms in total. The van der Waals surface area contributed by atoms with Crippen molar-refractivity contribution in [2.24, 2.45) is 0 Å². The molecule has 1 aromatic heterocycles. The summed E-state index contributed by atoms with van der Waals surface area (Å²) in [5, 5.41) is 17.7. The highest BCUT2D eigenvalue weighted by Crippen LogP contribution is 2.02. The number of hydrogen-bond acceptors (Lipinski definition) is 3. The molecule has 0 amide bonds. The lowest BCUT2D eigenvalue weighted by Crippen LogP contribution is -2.18. The molecule has 1 aromatic rings. The average Bonchev–Trinajstić information content (AvgIpc) is 2.52. The summed E-state index contributed by atoms with van der Waals surface area (Å²) in [6.45, 7) is 1.53. The number of nitrogens with zero attached hydrogens (tertiary/aromatic N) is 1. The number of carbonyl (C=O) groups is 1. The van der Waals surface area contributed by atoms with Crippen LogP contribution in [0.4, 0.5) is 0 Å². The average molecular weight is 183 g/mol. The van der Waals surface area contributed by atoms with Crippen LogP contribution in [0.5, 0.6) is 0 Å². The van der Waals surface area contributed by atoms with Crippen LogP contribution < -0.4 is 0 Å². The van der Waals surface area contributed by atoms with Crippen LogP contribution >= 0.6 is 0 Å². The minimum Gasteiger partial charge on any atom is -0.394 e. The van der Waals surface area contributed by atoms with Gasteiger partial charge in [-0.25, -0.2) is 0 Å². The summed E-state index contributed by atoms with van der Waals surface area (Å²) in [5.74, 6) is -0.00256. The molecule has 0 bridgehead atoms. The quantitative estimate of drug-likeness (QED) is 0.648. The van der Waals surface area contributed by atoms with Gasteiger partial charge in [-0.05, 0) is 13.0 Å². The number of aromatic nitrogens is 1. The van der Waals surface area contributed by atoms with Crippen molar-refractivity contribution in [3.05, 3.63) is 24.0 Å². The summed E-state index contributed by atoms with van der Waals surface area (Å²) in [5.41, 5.74) is 0.616. The Bertz CT molecular complexity index is 293. The SMILES string of the molecule is CC(=O)c1ccn(CC(O)CO)c1. The first kappa shape index (κ1) is 9.95. The second kappa shape index (κ2) is 4.20. The number of aliphatic hydroxyl groups is 2. The summed E-state index contributed by atoms with van der Waals surface area (Å²) >= 11 is 0. The molecule has 0 fully saturated rings. The molecule has 0 aliphatic heterocycles. The maximum absolute atomic E-state index is 10.9. The molecule has 0 aliphatic rings. The summed E-state index contributed by atoms with van der Waals surface area (Å²) < 4.78 is 1.68. The highest BCUT2D eigenvalue weighted by atomic mass is 16.3. The Morgan fingerprint density at radius 2 is 2.38 bits per heavy atom. The lowest BCUT2D eigenvalue weighted by atomic mass is 10.2. The molecule has 72 valence electrons. The molecule has 0 aliphatic carbocycles. The minimum absolute atomic E-state index is 0.00256. The van der Waals surface area contributed by atoms with E-state index in [1.54, 1.807) is 23.0 Å². The molecule has 2 N–H and O–H groups in total. The third kappa shape index (κ3) is 2.68. The van der Waals surface area contributed by atoms with E-state index in [2.05, 4.69) is 0 Å². The molecule has 0 saturated carbocycles. The zero-order chi connectivity index (χ0) is 9.84. The molecular formula is C9H13NO3. The molecule has 1 atom stereocenters. The predicted molar refractivity (Wildman–Crippen MR) is 47.5 cm³/mol. The first-order valence-electron chi connectivity index (χ1n) is 4.09. The van der Waals surface area contributed by atoms with E-state index in [1.165, 1.54) is 6.92 Å². The Kier molecular flexibility index (Phi) is 3.22. The van der Waals surface area contributed by atoms with Crippen molar-refractivity contribution in [3.8, 4) is 0 Å². The van der Waals surface area contributed by atoms with Gasteiger partial charge < -0.3 is 14.8 Å². The van der Waals surface area contributed by atoms with E-state index >= 15 is 0 Å². The van der Waals surface area contributed by atoms with Crippen LogP contribution in [0.1, 0.15) is 17.3 Å². The van der Waals surface area contributed by atoms with E-state index < -0.39 is 6.10 Å². The van der Waals surface area contributed by atoms with E-state index in [9.17, 15) is 4.79 Å². The number of Topliss-reactive ketones (excluding diaryl/α,β-unsaturated/α-hetero) is 1. The van der Waals surface area contributed by atoms with Gasteiger partial charge in [0.1, 0.15) is 0 Å². The number of rotatable bonds is 4. The first-order valence-corrected chi connectivity index (χ1v) is 4.09. The van der Waals surface area contributed by atoms with Crippen molar-refractivity contribution in [1.82, 2.24) is 4.57 Å². The van der Waals surface area contributed by atoms with Gasteiger partial charge in [-0.15, -0.1) is 0 Å². The van der Waals surface area contributed by atoms with Crippen LogP contribution in [0.25, 0.3) is 0 Å². The molecule has 0 radical (unpaired) electrons. The first-order chi connectivity index (χ1) is 6.13. The van der Waals surface area contributed by atoms with Crippen LogP contribution in [0.15, 0.2) is 18.5 Å². The van der Waals surface area contributed by atoms with E-state index in [0.29, 0.717) is 12.1 Å². The Hall–Kier alpha value is -1.13.